The first kappa shape index (κ1) is 11.7. The zero-order chi connectivity index (χ0) is 7.54. The van der Waals surface area contributed by atoms with Gasteiger partial charge in [-0.2, -0.15) is 0 Å². The van der Waals surface area contributed by atoms with Crippen LogP contribution in [0.15, 0.2) is 0 Å². The summed E-state index contributed by atoms with van der Waals surface area (Å²) in [6.07, 6.45) is 2.44. The number of hydrogen-bond donors (Lipinski definition) is 1. The Labute approximate surface area is 57.8 Å². The normalized spacial score (nSPS) is 8.00. The molecule has 0 aromatic heterocycles. The SMILES string of the molecule is CCCCOCC.CO. The second-order valence-electron chi connectivity index (χ2n) is 1.55. The molecule has 0 aliphatic heterocycles. The van der Waals surface area contributed by atoms with Crippen molar-refractivity contribution in [2.75, 3.05) is 20.3 Å². The maximum atomic E-state index is 7.00. The third-order valence-electron chi connectivity index (χ3n) is 0.846. The molecule has 0 fully saturated rings. The summed E-state index contributed by atoms with van der Waals surface area (Å²) in [5.74, 6) is 0. The van der Waals surface area contributed by atoms with E-state index in [4.69, 9.17) is 9.84 Å². The highest BCUT2D eigenvalue weighted by molar-refractivity contribution is 4.28. The van der Waals surface area contributed by atoms with E-state index >= 15 is 0 Å². The Hall–Kier alpha value is -0.0800. The first-order chi connectivity index (χ1) is 4.41. The van der Waals surface area contributed by atoms with E-state index in [-0.39, 0.29) is 0 Å². The second kappa shape index (κ2) is 15.7. The average molecular weight is 134 g/mol. The predicted octanol–water partition coefficient (Wildman–Crippen LogP) is 1.43. The van der Waals surface area contributed by atoms with Gasteiger partial charge in [-0.05, 0) is 13.3 Å². The predicted molar refractivity (Wildman–Crippen MR) is 39.5 cm³/mol. The maximum absolute atomic E-state index is 7.00. The van der Waals surface area contributed by atoms with Crippen LogP contribution in [0.2, 0.25) is 0 Å². The minimum Gasteiger partial charge on any atom is -0.400 e. The molecule has 0 heterocycles. The lowest BCUT2D eigenvalue weighted by Crippen LogP contribution is -1.90. The van der Waals surface area contributed by atoms with Gasteiger partial charge in [-0.15, -0.1) is 0 Å². The van der Waals surface area contributed by atoms with Crippen molar-refractivity contribution in [2.45, 2.75) is 26.7 Å². The molecule has 58 valence electrons. The number of hydrogen-bond acceptors (Lipinski definition) is 2. The Kier molecular flexibility index (Phi) is 20.3. The molecule has 0 saturated carbocycles. The standard InChI is InChI=1S/C6H14O.CH4O/c1-3-5-6-7-4-2;1-2/h3-6H2,1-2H3;2H,1H3. The number of aliphatic hydroxyl groups is 1. The Morgan fingerprint density at radius 1 is 1.22 bits per heavy atom. The van der Waals surface area contributed by atoms with Crippen LogP contribution in [0.3, 0.4) is 0 Å². The van der Waals surface area contributed by atoms with Crippen molar-refractivity contribution in [1.82, 2.24) is 0 Å². The van der Waals surface area contributed by atoms with Crippen molar-refractivity contribution >= 4 is 0 Å². The van der Waals surface area contributed by atoms with Crippen LogP contribution in [0.1, 0.15) is 26.7 Å². The van der Waals surface area contributed by atoms with Crippen molar-refractivity contribution in [1.29, 1.82) is 0 Å². The van der Waals surface area contributed by atoms with Crippen LogP contribution < -0.4 is 0 Å². The van der Waals surface area contributed by atoms with Crippen LogP contribution in [-0.4, -0.2) is 25.4 Å². The van der Waals surface area contributed by atoms with Crippen molar-refractivity contribution in [3.63, 3.8) is 0 Å². The van der Waals surface area contributed by atoms with Crippen LogP contribution in [0.25, 0.3) is 0 Å². The number of unbranched alkanes of at least 4 members (excludes halogenated alkanes) is 1. The fourth-order valence-electron chi connectivity index (χ4n) is 0.391. The molecule has 0 spiro atoms. The molecule has 0 aromatic carbocycles. The van der Waals surface area contributed by atoms with Crippen molar-refractivity contribution in [3.05, 3.63) is 0 Å². The minimum atomic E-state index is 0.861. The summed E-state index contributed by atoms with van der Waals surface area (Å²) in [6, 6.07) is 0. The number of aliphatic hydroxyl groups excluding tert-OH is 1. The van der Waals surface area contributed by atoms with Gasteiger partial charge < -0.3 is 9.84 Å². The zero-order valence-electron chi connectivity index (χ0n) is 6.68. The maximum Gasteiger partial charge on any atom is 0.0465 e. The molecule has 0 bridgehead atoms. The summed E-state index contributed by atoms with van der Waals surface area (Å²) < 4.78 is 5.07. The van der Waals surface area contributed by atoms with Gasteiger partial charge in [-0.1, -0.05) is 13.3 Å². The summed E-state index contributed by atoms with van der Waals surface area (Å²) in [5.41, 5.74) is 0. The Balaban J connectivity index is 0. The largest absolute Gasteiger partial charge is 0.400 e. The first-order valence-electron chi connectivity index (χ1n) is 3.44. The van der Waals surface area contributed by atoms with E-state index in [2.05, 4.69) is 6.92 Å². The van der Waals surface area contributed by atoms with Crippen LogP contribution in [0.5, 0.6) is 0 Å². The van der Waals surface area contributed by atoms with E-state index in [1.165, 1.54) is 12.8 Å². The molecular weight excluding hydrogens is 116 g/mol. The van der Waals surface area contributed by atoms with E-state index in [0.29, 0.717) is 0 Å². The average Bonchev–Trinajstić information content (AvgIpc) is 1.94. The molecule has 0 atom stereocenters. The fourth-order valence-corrected chi connectivity index (χ4v) is 0.391. The number of rotatable bonds is 4. The van der Waals surface area contributed by atoms with Gasteiger partial charge in [0.05, 0.1) is 0 Å². The lowest BCUT2D eigenvalue weighted by Gasteiger charge is -1.94. The lowest BCUT2D eigenvalue weighted by atomic mass is 10.4. The van der Waals surface area contributed by atoms with Crippen LogP contribution in [-0.2, 0) is 4.74 Å². The molecule has 9 heavy (non-hydrogen) atoms. The summed E-state index contributed by atoms with van der Waals surface area (Å²) in [4.78, 5) is 0. The number of ether oxygens (including phenoxy) is 1. The van der Waals surface area contributed by atoms with Gasteiger partial charge in [0.25, 0.3) is 0 Å². The van der Waals surface area contributed by atoms with Crippen LogP contribution in [0.4, 0.5) is 0 Å². The van der Waals surface area contributed by atoms with Crippen molar-refractivity contribution in [2.24, 2.45) is 0 Å². The highest BCUT2D eigenvalue weighted by atomic mass is 16.5. The summed E-state index contributed by atoms with van der Waals surface area (Å²) >= 11 is 0. The first-order valence-corrected chi connectivity index (χ1v) is 3.44. The third kappa shape index (κ3) is 18.1. The minimum absolute atomic E-state index is 0.861. The van der Waals surface area contributed by atoms with E-state index in [1.807, 2.05) is 6.92 Å². The van der Waals surface area contributed by atoms with E-state index < -0.39 is 0 Å². The Morgan fingerprint density at radius 3 is 2.11 bits per heavy atom. The lowest BCUT2D eigenvalue weighted by molar-refractivity contribution is 0.144. The van der Waals surface area contributed by atoms with Crippen LogP contribution in [0, 0.1) is 0 Å². The van der Waals surface area contributed by atoms with E-state index in [1.54, 1.807) is 0 Å². The molecule has 0 radical (unpaired) electrons. The van der Waals surface area contributed by atoms with Gasteiger partial charge in [-0.3, -0.25) is 0 Å². The monoisotopic (exact) mass is 134 g/mol. The molecule has 0 aromatic rings. The summed E-state index contributed by atoms with van der Waals surface area (Å²) in [6.45, 7) is 5.99. The highest BCUT2D eigenvalue weighted by Crippen LogP contribution is 1.85. The highest BCUT2D eigenvalue weighted by Gasteiger charge is 1.78. The van der Waals surface area contributed by atoms with Crippen LogP contribution >= 0.6 is 0 Å². The van der Waals surface area contributed by atoms with Crippen molar-refractivity contribution < 1.29 is 9.84 Å². The van der Waals surface area contributed by atoms with E-state index in [0.717, 1.165) is 20.3 Å². The Morgan fingerprint density at radius 2 is 1.78 bits per heavy atom. The third-order valence-corrected chi connectivity index (χ3v) is 0.846. The molecule has 0 amide bonds. The Bertz CT molecular complexity index is 26.1. The smallest absolute Gasteiger partial charge is 0.0465 e. The van der Waals surface area contributed by atoms with Gasteiger partial charge in [0.2, 0.25) is 0 Å². The summed E-state index contributed by atoms with van der Waals surface area (Å²) in [7, 11) is 1.00. The summed E-state index contributed by atoms with van der Waals surface area (Å²) in [5, 5.41) is 7.00. The molecule has 2 heteroatoms. The molecular formula is C7H18O2. The topological polar surface area (TPSA) is 29.5 Å². The molecule has 0 rings (SSSR count). The van der Waals surface area contributed by atoms with Crippen molar-refractivity contribution in [3.8, 4) is 0 Å². The van der Waals surface area contributed by atoms with Gasteiger partial charge in [-0.25, -0.2) is 0 Å². The van der Waals surface area contributed by atoms with Gasteiger partial charge in [0.15, 0.2) is 0 Å². The molecule has 0 unspecified atom stereocenters. The van der Waals surface area contributed by atoms with E-state index in [9.17, 15) is 0 Å². The van der Waals surface area contributed by atoms with Gasteiger partial charge >= 0.3 is 0 Å². The molecule has 0 aliphatic carbocycles. The molecule has 0 aliphatic rings. The molecule has 1 N–H and O–H groups in total. The van der Waals surface area contributed by atoms with Gasteiger partial charge in [0, 0.05) is 20.3 Å². The van der Waals surface area contributed by atoms with Gasteiger partial charge in [0.1, 0.15) is 0 Å². The second-order valence-corrected chi connectivity index (χ2v) is 1.55. The molecule has 2 nitrogen and oxygen atoms in total. The zero-order valence-corrected chi connectivity index (χ0v) is 6.68. The quantitative estimate of drug-likeness (QED) is 0.589. The fraction of sp³-hybridized carbons (Fsp3) is 1.00. The molecule has 0 saturated heterocycles.